The Kier molecular flexibility index (Phi) is 4.44. The Labute approximate surface area is 114 Å². The molecule has 0 bridgehead atoms. The van der Waals surface area contributed by atoms with Gasteiger partial charge in [-0.2, -0.15) is 0 Å². The van der Waals surface area contributed by atoms with Gasteiger partial charge in [0.15, 0.2) is 0 Å². The van der Waals surface area contributed by atoms with E-state index in [2.05, 4.69) is 10.0 Å². The SMILES string of the molecule is COCC(C)Nc1ccccc1S(=O)(=O)NC1CC1. The first-order valence-corrected chi connectivity index (χ1v) is 7.88. The fourth-order valence-corrected chi connectivity index (χ4v) is 3.34. The summed E-state index contributed by atoms with van der Waals surface area (Å²) in [4.78, 5) is 0.296. The Bertz CT molecular complexity index is 526. The van der Waals surface area contributed by atoms with Crippen molar-refractivity contribution >= 4 is 15.7 Å². The molecule has 0 amide bonds. The number of benzene rings is 1. The highest BCUT2D eigenvalue weighted by Crippen LogP contribution is 2.26. The third kappa shape index (κ3) is 3.92. The van der Waals surface area contributed by atoms with E-state index in [4.69, 9.17) is 4.74 Å². The van der Waals surface area contributed by atoms with E-state index in [1.54, 1.807) is 25.3 Å². The van der Waals surface area contributed by atoms with E-state index in [0.29, 0.717) is 17.2 Å². The van der Waals surface area contributed by atoms with Crippen molar-refractivity contribution in [3.63, 3.8) is 0 Å². The first-order valence-electron chi connectivity index (χ1n) is 6.40. The molecule has 1 unspecified atom stereocenters. The Morgan fingerprint density at radius 1 is 1.37 bits per heavy atom. The number of methoxy groups -OCH3 is 1. The average molecular weight is 284 g/mol. The summed E-state index contributed by atoms with van der Waals surface area (Å²) in [5, 5.41) is 3.17. The van der Waals surface area contributed by atoms with Crippen LogP contribution in [0, 0.1) is 0 Å². The smallest absolute Gasteiger partial charge is 0.242 e. The zero-order valence-electron chi connectivity index (χ0n) is 11.2. The summed E-state index contributed by atoms with van der Waals surface area (Å²) in [5.74, 6) is 0. The second-order valence-electron chi connectivity index (χ2n) is 4.89. The minimum atomic E-state index is -3.44. The average Bonchev–Trinajstić information content (AvgIpc) is 3.13. The lowest BCUT2D eigenvalue weighted by Crippen LogP contribution is -2.28. The normalized spacial score (nSPS) is 17.2. The van der Waals surface area contributed by atoms with Crippen molar-refractivity contribution in [1.82, 2.24) is 4.72 Å². The quantitative estimate of drug-likeness (QED) is 0.797. The molecule has 1 aliphatic carbocycles. The van der Waals surface area contributed by atoms with Gasteiger partial charge in [-0.1, -0.05) is 12.1 Å². The molecule has 0 aromatic heterocycles. The standard InChI is InChI=1S/C13H20N2O3S/c1-10(9-18-2)14-12-5-3-4-6-13(12)19(16,17)15-11-7-8-11/h3-6,10-11,14-15H,7-9H2,1-2H3. The van der Waals surface area contributed by atoms with Crippen LogP contribution >= 0.6 is 0 Å². The molecular weight excluding hydrogens is 264 g/mol. The number of sulfonamides is 1. The number of para-hydroxylation sites is 1. The molecule has 0 saturated heterocycles. The number of rotatable bonds is 7. The van der Waals surface area contributed by atoms with Crippen LogP contribution in [0.2, 0.25) is 0 Å². The molecule has 0 spiro atoms. The molecule has 0 radical (unpaired) electrons. The molecule has 2 N–H and O–H groups in total. The molecule has 1 aromatic rings. The lowest BCUT2D eigenvalue weighted by molar-refractivity contribution is 0.190. The number of hydrogen-bond donors (Lipinski definition) is 2. The fourth-order valence-electron chi connectivity index (χ4n) is 1.86. The van der Waals surface area contributed by atoms with Crippen molar-refractivity contribution in [3.8, 4) is 0 Å². The van der Waals surface area contributed by atoms with Crippen LogP contribution in [-0.4, -0.2) is 34.2 Å². The molecule has 19 heavy (non-hydrogen) atoms. The van der Waals surface area contributed by atoms with Gasteiger partial charge in [0.25, 0.3) is 0 Å². The summed E-state index contributed by atoms with van der Waals surface area (Å²) in [6.07, 6.45) is 1.85. The lowest BCUT2D eigenvalue weighted by Gasteiger charge is -2.17. The minimum Gasteiger partial charge on any atom is -0.383 e. The monoisotopic (exact) mass is 284 g/mol. The van der Waals surface area contributed by atoms with Gasteiger partial charge < -0.3 is 10.1 Å². The summed E-state index contributed by atoms with van der Waals surface area (Å²) in [5.41, 5.74) is 0.611. The van der Waals surface area contributed by atoms with Gasteiger partial charge in [-0.25, -0.2) is 13.1 Å². The first kappa shape index (κ1) is 14.3. The topological polar surface area (TPSA) is 67.4 Å². The maximum absolute atomic E-state index is 12.3. The van der Waals surface area contributed by atoms with Gasteiger partial charge in [0, 0.05) is 19.2 Å². The molecule has 0 aliphatic heterocycles. The third-order valence-electron chi connectivity index (χ3n) is 2.89. The van der Waals surface area contributed by atoms with Gasteiger partial charge in [-0.05, 0) is 31.9 Å². The van der Waals surface area contributed by atoms with E-state index >= 15 is 0 Å². The molecule has 1 atom stereocenters. The Morgan fingerprint density at radius 3 is 2.68 bits per heavy atom. The molecular formula is C13H20N2O3S. The van der Waals surface area contributed by atoms with Gasteiger partial charge in [0.2, 0.25) is 10.0 Å². The molecule has 5 nitrogen and oxygen atoms in total. The summed E-state index contributed by atoms with van der Waals surface area (Å²) in [7, 11) is -1.82. The molecule has 106 valence electrons. The number of hydrogen-bond acceptors (Lipinski definition) is 4. The van der Waals surface area contributed by atoms with Gasteiger partial charge in [-0.15, -0.1) is 0 Å². The molecule has 0 heterocycles. The van der Waals surface area contributed by atoms with E-state index in [1.165, 1.54) is 0 Å². The van der Waals surface area contributed by atoms with Crippen LogP contribution < -0.4 is 10.0 Å². The summed E-state index contributed by atoms with van der Waals surface area (Å²) in [6, 6.07) is 7.09. The van der Waals surface area contributed by atoms with Crippen molar-refractivity contribution < 1.29 is 13.2 Å². The highest BCUT2D eigenvalue weighted by molar-refractivity contribution is 7.89. The molecule has 1 saturated carbocycles. The van der Waals surface area contributed by atoms with Crippen LogP contribution in [-0.2, 0) is 14.8 Å². The highest BCUT2D eigenvalue weighted by atomic mass is 32.2. The van der Waals surface area contributed by atoms with Crippen molar-refractivity contribution in [2.45, 2.75) is 36.7 Å². The van der Waals surface area contributed by atoms with Crippen LogP contribution in [0.25, 0.3) is 0 Å². The van der Waals surface area contributed by atoms with Crippen molar-refractivity contribution in [2.75, 3.05) is 19.0 Å². The third-order valence-corrected chi connectivity index (χ3v) is 4.47. The van der Waals surface area contributed by atoms with Crippen molar-refractivity contribution in [1.29, 1.82) is 0 Å². The molecule has 1 fully saturated rings. The van der Waals surface area contributed by atoms with E-state index in [9.17, 15) is 8.42 Å². The molecule has 1 aliphatic rings. The van der Waals surface area contributed by atoms with E-state index in [1.807, 2.05) is 13.0 Å². The van der Waals surface area contributed by atoms with Gasteiger partial charge in [-0.3, -0.25) is 0 Å². The van der Waals surface area contributed by atoms with Crippen LogP contribution in [0.4, 0.5) is 5.69 Å². The van der Waals surface area contributed by atoms with E-state index < -0.39 is 10.0 Å². The van der Waals surface area contributed by atoms with Crippen LogP contribution in [0.5, 0.6) is 0 Å². The number of nitrogens with one attached hydrogen (secondary N) is 2. The van der Waals surface area contributed by atoms with Gasteiger partial charge in [0.05, 0.1) is 12.3 Å². The number of anilines is 1. The first-order chi connectivity index (χ1) is 9.03. The van der Waals surface area contributed by atoms with Crippen molar-refractivity contribution in [2.24, 2.45) is 0 Å². The largest absolute Gasteiger partial charge is 0.383 e. The fraction of sp³-hybridized carbons (Fsp3) is 0.538. The zero-order chi connectivity index (χ0) is 13.9. The van der Waals surface area contributed by atoms with Crippen LogP contribution in [0.1, 0.15) is 19.8 Å². The van der Waals surface area contributed by atoms with E-state index in [0.717, 1.165) is 12.8 Å². The maximum atomic E-state index is 12.3. The minimum absolute atomic E-state index is 0.0438. The van der Waals surface area contributed by atoms with Crippen LogP contribution in [0.15, 0.2) is 29.2 Å². The lowest BCUT2D eigenvalue weighted by atomic mass is 10.3. The zero-order valence-corrected chi connectivity index (χ0v) is 12.0. The maximum Gasteiger partial charge on any atom is 0.242 e. The van der Waals surface area contributed by atoms with Gasteiger partial charge >= 0.3 is 0 Å². The Balaban J connectivity index is 2.19. The van der Waals surface area contributed by atoms with Crippen LogP contribution in [0.3, 0.4) is 0 Å². The van der Waals surface area contributed by atoms with E-state index in [-0.39, 0.29) is 12.1 Å². The Hall–Kier alpha value is -1.11. The summed E-state index contributed by atoms with van der Waals surface area (Å²) >= 11 is 0. The molecule has 2 rings (SSSR count). The van der Waals surface area contributed by atoms with Crippen molar-refractivity contribution in [3.05, 3.63) is 24.3 Å². The molecule has 6 heteroatoms. The Morgan fingerprint density at radius 2 is 2.05 bits per heavy atom. The summed E-state index contributed by atoms with van der Waals surface area (Å²) in [6.45, 7) is 2.46. The van der Waals surface area contributed by atoms with Gasteiger partial charge in [0.1, 0.15) is 4.90 Å². The molecule has 1 aromatic carbocycles. The predicted molar refractivity (Wildman–Crippen MR) is 74.7 cm³/mol. The predicted octanol–water partition coefficient (Wildman–Crippen LogP) is 1.57. The second-order valence-corrected chi connectivity index (χ2v) is 6.57. The highest BCUT2D eigenvalue weighted by Gasteiger charge is 2.29. The summed E-state index contributed by atoms with van der Waals surface area (Å²) < 4.78 is 32.3. The number of ether oxygens (including phenoxy) is 1. The second kappa shape index (κ2) is 5.90.